The van der Waals surface area contributed by atoms with Crippen molar-refractivity contribution in [2.24, 2.45) is 0 Å². The number of nitrogens with zero attached hydrogens (tertiary/aromatic N) is 11. The zero-order chi connectivity index (χ0) is 61.2. The van der Waals surface area contributed by atoms with Crippen molar-refractivity contribution < 1.29 is 28.2 Å². The smallest absolute Gasteiger partial charge is 0.258 e. The Morgan fingerprint density at radius 2 is 0.885 bits per heavy atom. The number of aromatic nitrogens is 12. The number of halogens is 1. The molecule has 0 bridgehead atoms. The predicted molar refractivity (Wildman–Crippen MR) is 345 cm³/mol. The van der Waals surface area contributed by atoms with Gasteiger partial charge in [-0.2, -0.15) is 4.39 Å². The quantitative estimate of drug-likeness (QED) is 0.0265. The minimum absolute atomic E-state index is 0.253. The monoisotopic (exact) mass is 1200 g/mol. The van der Waals surface area contributed by atoms with E-state index in [1.165, 1.54) is 24.7 Å². The first-order valence-electron chi connectivity index (χ1n) is 28.1. The molecule has 0 unspecified atom stereocenters. The molecule has 87 heavy (non-hydrogen) atoms. The van der Waals surface area contributed by atoms with E-state index >= 15 is 0 Å². The van der Waals surface area contributed by atoms with Crippen LogP contribution in [0.15, 0.2) is 147 Å². The van der Waals surface area contributed by atoms with Crippen molar-refractivity contribution in [1.82, 2.24) is 59.0 Å². The molecule has 0 saturated carbocycles. The van der Waals surface area contributed by atoms with E-state index in [0.29, 0.717) is 78.2 Å². The summed E-state index contributed by atoms with van der Waals surface area (Å²) in [4.78, 5) is 79.0. The molecule has 0 atom stereocenters. The average Bonchev–Trinajstić information content (AvgIpc) is 1.87. The molecule has 0 aromatic carbocycles. The zero-order valence-corrected chi connectivity index (χ0v) is 51.4. The number of aromatic amines is 1. The topological polar surface area (TPSA) is 271 Å². The molecule has 6 N–H and O–H groups in total. The Morgan fingerprint density at radius 3 is 1.31 bits per heavy atom. The highest BCUT2D eigenvalue weighted by Gasteiger charge is 2.19. The Balaban J connectivity index is 0.000000146. The number of fused-ring (bicyclic) bond motifs is 9. The second kappa shape index (κ2) is 26.5. The first-order valence-corrected chi connectivity index (χ1v) is 35.5. The number of hydrogen-bond acceptors (Lipinski definition) is 16. The lowest BCUT2D eigenvalue weighted by molar-refractivity contribution is 0.0924. The van der Waals surface area contributed by atoms with E-state index < -0.39 is 28.0 Å². The molecule has 12 heterocycles. The third-order valence-corrected chi connectivity index (χ3v) is 17.4. The summed E-state index contributed by atoms with van der Waals surface area (Å²) in [6.07, 6.45) is 14.9. The molecule has 0 fully saturated rings. The van der Waals surface area contributed by atoms with Crippen molar-refractivity contribution in [3.63, 3.8) is 0 Å². The van der Waals surface area contributed by atoms with E-state index in [1.54, 1.807) is 87.5 Å². The Kier molecular flexibility index (Phi) is 18.4. The van der Waals surface area contributed by atoms with Crippen LogP contribution in [0.4, 0.5) is 33.5 Å². The van der Waals surface area contributed by atoms with Crippen LogP contribution in [0.1, 0.15) is 31.1 Å². The molecule has 444 valence electrons. The number of hydrogen-bond donors (Lipinski definition) is 6. The minimum Gasteiger partial charge on any atom is -0.373 e. The van der Waals surface area contributed by atoms with Gasteiger partial charge in [-0.15, -0.1) is 0 Å². The average molecular weight is 1200 g/mol. The number of carbonyl (C=O) groups excluding carboxylic acids is 3. The van der Waals surface area contributed by atoms with Gasteiger partial charge in [0.1, 0.15) is 59.5 Å². The fourth-order valence-corrected chi connectivity index (χ4v) is 10.7. The number of amides is 3. The lowest BCUT2D eigenvalue weighted by Gasteiger charge is -2.16. The summed E-state index contributed by atoms with van der Waals surface area (Å²) in [5, 5.41) is 20.1. The highest BCUT2D eigenvalue weighted by molar-refractivity contribution is 6.76. The predicted octanol–water partition coefficient (Wildman–Crippen LogP) is 12.1. The summed E-state index contributed by atoms with van der Waals surface area (Å²) in [6, 6.07) is 28.5. The van der Waals surface area contributed by atoms with Crippen LogP contribution in [0.3, 0.4) is 0 Å². The number of H-pyrrole nitrogens is 1. The Labute approximate surface area is 501 Å². The lowest BCUT2D eigenvalue weighted by Crippen LogP contribution is -2.22. The molecule has 22 nitrogen and oxygen atoms in total. The third kappa shape index (κ3) is 14.8. The summed E-state index contributed by atoms with van der Waals surface area (Å²) < 4.78 is 29.0. The van der Waals surface area contributed by atoms with Crippen LogP contribution in [0, 0.1) is 5.95 Å². The van der Waals surface area contributed by atoms with Gasteiger partial charge in [-0.05, 0) is 103 Å². The number of pyridine rings is 9. The maximum atomic E-state index is 13.0. The normalized spacial score (nSPS) is 11.6. The summed E-state index contributed by atoms with van der Waals surface area (Å²) >= 11 is 0. The SMILES string of the molecule is CNc1ccc(C(=O)Nc2ccc3c(n2)[nH]c2ccncc23)cn1.CNc1ccc(C(=O)Nc2ccc3c4cnccc4n(COCC[Si](C)(C)C)c3n2)cn1.C[Si](C)(C)CCOCn1c2ccncc2c2ccc(NC(=O)c3ccc(F)nc3)nc21. The van der Waals surface area contributed by atoms with Gasteiger partial charge in [0.2, 0.25) is 5.95 Å². The molecule has 0 aliphatic heterocycles. The van der Waals surface area contributed by atoms with Crippen LogP contribution in [-0.4, -0.2) is 120 Å². The van der Waals surface area contributed by atoms with Crippen LogP contribution in [-0.2, 0) is 22.9 Å². The summed E-state index contributed by atoms with van der Waals surface area (Å²) in [6.45, 7) is 16.1. The second-order valence-corrected chi connectivity index (χ2v) is 34.0. The van der Waals surface area contributed by atoms with E-state index in [9.17, 15) is 18.8 Å². The third-order valence-electron chi connectivity index (χ3n) is 14.0. The summed E-state index contributed by atoms with van der Waals surface area (Å²) in [5.74, 6) is 1.19. The van der Waals surface area contributed by atoms with Crippen LogP contribution in [0.2, 0.25) is 51.4 Å². The molecule has 0 aliphatic carbocycles. The first-order chi connectivity index (χ1) is 41.9. The Morgan fingerprint density at radius 1 is 0.471 bits per heavy atom. The first kappa shape index (κ1) is 60.2. The number of nitrogens with one attached hydrogen (secondary N) is 6. The maximum Gasteiger partial charge on any atom is 0.258 e. The van der Waals surface area contributed by atoms with Crippen molar-refractivity contribution in [3.8, 4) is 0 Å². The Hall–Kier alpha value is -9.96. The fraction of sp³-hybridized carbons (Fsp3) is 0.226. The molecule has 25 heteroatoms. The second-order valence-electron chi connectivity index (χ2n) is 22.7. The van der Waals surface area contributed by atoms with E-state index in [4.69, 9.17) is 14.5 Å². The molecular weight excluding hydrogens is 1140 g/mol. The molecule has 3 amide bonds. The number of ether oxygens (including phenoxy) is 2. The van der Waals surface area contributed by atoms with Gasteiger partial charge in [0.15, 0.2) is 0 Å². The van der Waals surface area contributed by atoms with Crippen molar-refractivity contribution in [2.75, 3.05) is 53.9 Å². The van der Waals surface area contributed by atoms with E-state index in [2.05, 4.69) is 111 Å². The van der Waals surface area contributed by atoms with Crippen molar-refractivity contribution >= 4 is 129 Å². The summed E-state index contributed by atoms with van der Waals surface area (Å²) in [5.41, 5.74) is 6.28. The minimum atomic E-state index is -1.19. The van der Waals surface area contributed by atoms with E-state index in [-0.39, 0.29) is 17.4 Å². The van der Waals surface area contributed by atoms with E-state index in [0.717, 1.165) is 72.7 Å². The molecule has 0 radical (unpaired) electrons. The highest BCUT2D eigenvalue weighted by atomic mass is 28.3. The lowest BCUT2D eigenvalue weighted by atomic mass is 10.2. The highest BCUT2D eigenvalue weighted by Crippen LogP contribution is 2.31. The van der Waals surface area contributed by atoms with Gasteiger partial charge >= 0.3 is 0 Å². The van der Waals surface area contributed by atoms with Crippen molar-refractivity contribution in [3.05, 3.63) is 169 Å². The molecule has 12 rings (SSSR count). The largest absolute Gasteiger partial charge is 0.373 e. The van der Waals surface area contributed by atoms with Gasteiger partial charge in [0.25, 0.3) is 17.7 Å². The molecule has 0 spiro atoms. The number of carbonyl (C=O) groups is 3. The Bertz CT molecular complexity index is 4410. The standard InChI is InChI=1S/C23H28N6O2Si.C22H24FN5O2Si.C17H14N6O/c1-24-20-7-5-16(13-26-20)23(30)28-21-8-6-17-18-14-25-10-9-19(18)29(22(17)27-21)15-31-11-12-32(2,3)4;1-31(2,3)11-10-30-14-28-18-8-9-24-13-17(18)16-5-7-20(26-21(16)28)27-22(29)15-4-6-19(23)25-12-15;1-18-14-4-2-10(8-20-14)17(24)23-15-5-3-11-12-9-19-7-6-13(12)21-16(11)22-15/h5-10,13-14H,11-12,15H2,1-4H3,(H,24,26)(H,27,28,30);4-9,12-13H,10-11,14H2,1-3H3,(H,26,27,29);2-9H,1H3,(H,18,20)(H2,21,22,23,24). The molecule has 12 aromatic heterocycles. The van der Waals surface area contributed by atoms with Crippen LogP contribution in [0.25, 0.3) is 65.8 Å². The van der Waals surface area contributed by atoms with Gasteiger partial charge < -0.3 is 50.2 Å². The van der Waals surface area contributed by atoms with Crippen LogP contribution in [0.5, 0.6) is 0 Å². The van der Waals surface area contributed by atoms with Gasteiger partial charge in [-0.1, -0.05) is 39.3 Å². The van der Waals surface area contributed by atoms with Crippen LogP contribution >= 0.6 is 0 Å². The number of anilines is 5. The fourth-order valence-electron chi connectivity index (χ4n) is 9.20. The maximum absolute atomic E-state index is 13.0. The molecular formula is C62H66FN17O5Si2. The van der Waals surface area contributed by atoms with Gasteiger partial charge in [-0.3, -0.25) is 29.3 Å². The molecule has 0 saturated heterocycles. The van der Waals surface area contributed by atoms with Gasteiger partial charge in [0.05, 0.1) is 33.2 Å². The zero-order valence-electron chi connectivity index (χ0n) is 49.4. The van der Waals surface area contributed by atoms with E-state index in [1.807, 2.05) is 51.7 Å². The molecule has 0 aliphatic rings. The van der Waals surface area contributed by atoms with Crippen molar-refractivity contribution in [2.45, 2.75) is 64.8 Å². The number of rotatable bonds is 18. The molecule has 12 aromatic rings. The van der Waals surface area contributed by atoms with Crippen molar-refractivity contribution in [1.29, 1.82) is 0 Å². The van der Waals surface area contributed by atoms with Gasteiger partial charge in [0, 0.05) is 132 Å². The summed E-state index contributed by atoms with van der Waals surface area (Å²) in [7, 11) is 1.20. The van der Waals surface area contributed by atoms with Crippen LogP contribution < -0.4 is 26.6 Å². The van der Waals surface area contributed by atoms with Gasteiger partial charge in [-0.25, -0.2) is 29.9 Å².